The molecule has 3 rings (SSSR count). The van der Waals surface area contributed by atoms with Gasteiger partial charge in [0, 0.05) is 37.3 Å². The highest BCUT2D eigenvalue weighted by atomic mass is 15.1. The van der Waals surface area contributed by atoms with Crippen LogP contribution < -0.4 is 5.73 Å². The van der Waals surface area contributed by atoms with Crippen LogP contribution in [0.5, 0.6) is 0 Å². The fraction of sp³-hybridized carbons (Fsp3) is 0.333. The van der Waals surface area contributed by atoms with E-state index in [0.29, 0.717) is 6.54 Å². The van der Waals surface area contributed by atoms with Gasteiger partial charge in [0.25, 0.3) is 0 Å². The van der Waals surface area contributed by atoms with Crippen LogP contribution in [0.3, 0.4) is 0 Å². The molecule has 0 spiro atoms. The van der Waals surface area contributed by atoms with Gasteiger partial charge < -0.3 is 10.6 Å². The number of allylic oxidation sites excluding steroid dienone is 2. The molecule has 0 saturated carbocycles. The Bertz CT molecular complexity index is 832. The second kappa shape index (κ2) is 5.81. The van der Waals surface area contributed by atoms with E-state index in [0.717, 1.165) is 17.7 Å². The molecule has 24 heavy (non-hydrogen) atoms. The van der Waals surface area contributed by atoms with Crippen molar-refractivity contribution in [3.8, 4) is 18.2 Å². The van der Waals surface area contributed by atoms with Gasteiger partial charge in [0.2, 0.25) is 0 Å². The second-order valence-corrected chi connectivity index (χ2v) is 6.18. The molecule has 1 aliphatic heterocycles. The van der Waals surface area contributed by atoms with Crippen LogP contribution in [0.1, 0.15) is 11.5 Å². The van der Waals surface area contributed by atoms with E-state index in [9.17, 15) is 15.8 Å². The van der Waals surface area contributed by atoms with Crippen molar-refractivity contribution in [2.45, 2.75) is 5.92 Å². The maximum Gasteiger partial charge on any atom is 0.187 e. The number of nitrogens with zero attached hydrogens (tertiary/aromatic N) is 5. The van der Waals surface area contributed by atoms with E-state index >= 15 is 0 Å². The van der Waals surface area contributed by atoms with Crippen molar-refractivity contribution >= 4 is 0 Å². The molecule has 2 aliphatic rings. The summed E-state index contributed by atoms with van der Waals surface area (Å²) < 4.78 is 0. The van der Waals surface area contributed by atoms with Crippen molar-refractivity contribution in [2.75, 3.05) is 20.1 Å². The van der Waals surface area contributed by atoms with Crippen LogP contribution in [0.15, 0.2) is 47.4 Å². The molecule has 0 fully saturated rings. The first-order valence-corrected chi connectivity index (χ1v) is 7.60. The van der Waals surface area contributed by atoms with Crippen molar-refractivity contribution in [2.24, 2.45) is 17.1 Å². The Morgan fingerprint density at radius 3 is 2.50 bits per heavy atom. The maximum absolute atomic E-state index is 9.89. The maximum atomic E-state index is 9.89. The average Bonchev–Trinajstić information content (AvgIpc) is 2.61. The zero-order valence-electron chi connectivity index (χ0n) is 13.3. The Morgan fingerprint density at radius 1 is 1.25 bits per heavy atom. The molecule has 0 amide bonds. The first-order valence-electron chi connectivity index (χ1n) is 7.60. The molecular formula is C18H16N6. The Kier molecular flexibility index (Phi) is 3.81. The molecule has 6 nitrogen and oxygen atoms in total. The summed E-state index contributed by atoms with van der Waals surface area (Å²) in [6, 6.07) is 9.85. The summed E-state index contributed by atoms with van der Waals surface area (Å²) in [6.07, 6.45) is 5.27. The fourth-order valence-electron chi connectivity index (χ4n) is 3.80. The third-order valence-corrected chi connectivity index (χ3v) is 4.90. The molecule has 2 atom stereocenters. The number of fused-ring (bicyclic) bond motifs is 1. The van der Waals surface area contributed by atoms with Crippen molar-refractivity contribution in [1.29, 1.82) is 15.8 Å². The van der Waals surface area contributed by atoms with Crippen molar-refractivity contribution in [3.63, 3.8) is 0 Å². The molecule has 2 unspecified atom stereocenters. The molecule has 0 saturated heterocycles. The van der Waals surface area contributed by atoms with Gasteiger partial charge in [0.1, 0.15) is 0 Å². The summed E-state index contributed by atoms with van der Waals surface area (Å²) in [5.74, 6) is -0.589. The van der Waals surface area contributed by atoms with Gasteiger partial charge in [0.05, 0.1) is 29.5 Å². The van der Waals surface area contributed by atoms with E-state index in [-0.39, 0.29) is 17.2 Å². The number of nitriles is 3. The monoisotopic (exact) mass is 316 g/mol. The van der Waals surface area contributed by atoms with E-state index in [2.05, 4.69) is 22.0 Å². The van der Waals surface area contributed by atoms with Crippen LogP contribution in [0.2, 0.25) is 0 Å². The molecule has 1 aromatic heterocycles. The van der Waals surface area contributed by atoms with E-state index in [4.69, 9.17) is 5.73 Å². The molecule has 1 aliphatic carbocycles. The number of likely N-dealkylation sites (N-methyl/N-ethyl adjacent to an activating group) is 1. The lowest BCUT2D eigenvalue weighted by atomic mass is 9.57. The van der Waals surface area contributed by atoms with Crippen LogP contribution in [0.25, 0.3) is 0 Å². The Hall–Kier alpha value is -3.14. The van der Waals surface area contributed by atoms with E-state index in [1.165, 1.54) is 0 Å². The molecule has 2 N–H and O–H groups in total. The summed E-state index contributed by atoms with van der Waals surface area (Å²) in [7, 11) is 1.98. The number of hydrogen-bond acceptors (Lipinski definition) is 6. The highest BCUT2D eigenvalue weighted by Gasteiger charge is 2.54. The standard InChI is InChI=1S/C18H16N6/c1-24-7-4-13-14(9-24)16(12-2-5-23-6-3-12)18(10-20,11-21)15(8-19)17(13)22/h2-6,14,16H,7,9,22H2,1H3. The number of hydrogen-bond donors (Lipinski definition) is 1. The Balaban J connectivity index is 2.34. The molecule has 0 bridgehead atoms. The average molecular weight is 316 g/mol. The van der Waals surface area contributed by atoms with Crippen LogP contribution in [0, 0.1) is 45.3 Å². The molecule has 2 heterocycles. The Labute approximate surface area is 140 Å². The minimum Gasteiger partial charge on any atom is -0.398 e. The number of rotatable bonds is 1. The summed E-state index contributed by atoms with van der Waals surface area (Å²) >= 11 is 0. The van der Waals surface area contributed by atoms with Crippen LogP contribution in [-0.4, -0.2) is 30.0 Å². The van der Waals surface area contributed by atoms with Crippen molar-refractivity contribution < 1.29 is 0 Å². The van der Waals surface area contributed by atoms with Crippen LogP contribution >= 0.6 is 0 Å². The third kappa shape index (κ3) is 2.07. The quantitative estimate of drug-likeness (QED) is 0.838. The van der Waals surface area contributed by atoms with Gasteiger partial charge in [-0.25, -0.2) is 0 Å². The molecule has 6 heteroatoms. The van der Waals surface area contributed by atoms with Gasteiger partial charge in [-0.05, 0) is 30.3 Å². The van der Waals surface area contributed by atoms with Crippen LogP contribution in [-0.2, 0) is 0 Å². The summed E-state index contributed by atoms with van der Waals surface area (Å²) in [6.45, 7) is 1.39. The first kappa shape index (κ1) is 15.7. The summed E-state index contributed by atoms with van der Waals surface area (Å²) in [4.78, 5) is 6.14. The highest BCUT2D eigenvalue weighted by molar-refractivity contribution is 5.59. The zero-order valence-corrected chi connectivity index (χ0v) is 13.3. The number of pyridine rings is 1. The molecule has 0 aromatic carbocycles. The van der Waals surface area contributed by atoms with Crippen molar-refractivity contribution in [3.05, 3.63) is 53.0 Å². The molecule has 0 radical (unpaired) electrons. The van der Waals surface area contributed by atoms with Gasteiger partial charge >= 0.3 is 0 Å². The second-order valence-electron chi connectivity index (χ2n) is 6.18. The van der Waals surface area contributed by atoms with Gasteiger partial charge in [-0.15, -0.1) is 0 Å². The topological polar surface area (TPSA) is 114 Å². The lowest BCUT2D eigenvalue weighted by molar-refractivity contribution is 0.239. The van der Waals surface area contributed by atoms with Gasteiger partial charge in [0.15, 0.2) is 5.41 Å². The molecular weight excluding hydrogens is 300 g/mol. The predicted octanol–water partition coefficient (Wildman–Crippen LogP) is 1.44. The first-order chi connectivity index (χ1) is 11.6. The van der Waals surface area contributed by atoms with Gasteiger partial charge in [-0.3, -0.25) is 4.98 Å². The lowest BCUT2D eigenvalue weighted by Gasteiger charge is -2.44. The Morgan fingerprint density at radius 2 is 1.92 bits per heavy atom. The molecule has 1 aromatic rings. The predicted molar refractivity (Wildman–Crippen MR) is 86.5 cm³/mol. The van der Waals surface area contributed by atoms with Crippen LogP contribution in [0.4, 0.5) is 0 Å². The molecule has 118 valence electrons. The minimum absolute atomic E-state index is 0.0568. The highest BCUT2D eigenvalue weighted by Crippen LogP contribution is 2.54. The van der Waals surface area contributed by atoms with Crippen molar-refractivity contribution in [1.82, 2.24) is 9.88 Å². The normalized spacial score (nSPS) is 25.7. The largest absolute Gasteiger partial charge is 0.398 e. The minimum atomic E-state index is -1.60. The fourth-order valence-corrected chi connectivity index (χ4v) is 3.80. The third-order valence-electron chi connectivity index (χ3n) is 4.90. The number of nitrogens with two attached hydrogens (primary N) is 1. The summed E-state index contributed by atoms with van der Waals surface area (Å²) in [5.41, 5.74) is 6.64. The van der Waals surface area contributed by atoms with Gasteiger partial charge in [-0.2, -0.15) is 15.8 Å². The summed E-state index contributed by atoms with van der Waals surface area (Å²) in [5, 5.41) is 29.4. The van der Waals surface area contributed by atoms with Gasteiger partial charge in [-0.1, -0.05) is 6.08 Å². The lowest BCUT2D eigenvalue weighted by Crippen LogP contribution is -2.46. The van der Waals surface area contributed by atoms with E-state index in [1.54, 1.807) is 24.5 Å². The smallest absolute Gasteiger partial charge is 0.187 e. The SMILES string of the molecule is CN1CC=C2C(N)=C(C#N)C(C#N)(C#N)C(c3ccncc3)C2C1. The number of aromatic nitrogens is 1. The zero-order chi connectivity index (χ0) is 17.3. The van der Waals surface area contributed by atoms with E-state index in [1.807, 2.05) is 19.2 Å². The van der Waals surface area contributed by atoms with E-state index < -0.39 is 11.3 Å².